The summed E-state index contributed by atoms with van der Waals surface area (Å²) in [6, 6.07) is 36.1. The molecule has 0 N–H and O–H groups in total. The maximum absolute atomic E-state index is 3.08. The van der Waals surface area contributed by atoms with Crippen LogP contribution in [0.3, 0.4) is 0 Å². The molecule has 0 saturated heterocycles. The second kappa shape index (κ2) is 13.7. The summed E-state index contributed by atoms with van der Waals surface area (Å²) in [4.78, 5) is 9.07. The predicted octanol–water partition coefficient (Wildman–Crippen LogP) is 15.1. The van der Waals surface area contributed by atoms with Crippen LogP contribution in [0, 0.1) is 6.92 Å². The third kappa shape index (κ3) is 5.29. The molecule has 3 nitrogen and oxygen atoms in total. The third-order valence-electron chi connectivity index (χ3n) is 21.4. The highest BCUT2D eigenvalue weighted by Crippen LogP contribution is 2.66. The Hall–Kier alpha value is -4.44. The lowest BCUT2D eigenvalue weighted by atomic mass is 9.27. The molecule has 7 unspecified atom stereocenters. The first-order valence-electron chi connectivity index (χ1n) is 27.2. The van der Waals surface area contributed by atoms with Crippen LogP contribution in [0.4, 0.5) is 28.4 Å². The maximum atomic E-state index is 3.08. The van der Waals surface area contributed by atoms with Gasteiger partial charge in [-0.05, 0) is 156 Å². The number of aryl methyl sites for hydroxylation is 1. The Morgan fingerprint density at radius 2 is 1.22 bits per heavy atom. The summed E-state index contributed by atoms with van der Waals surface area (Å²) in [6.07, 6.45) is 13.9. The zero-order valence-electron chi connectivity index (χ0n) is 44.0. The molecule has 5 aromatic rings. The number of nitrogens with zero attached hydrogens (tertiary/aromatic N) is 3. The highest BCUT2D eigenvalue weighted by molar-refractivity contribution is 6.91. The molecule has 4 aliphatic heterocycles. The van der Waals surface area contributed by atoms with E-state index in [0.29, 0.717) is 24.6 Å². The SMILES string of the molecule is Cc1cc2c3c(c1)N1c4c(cc(C(C)(C)C)cc4C4(C)CCCCC14C)B3C1CCC(N3c4ccc(C(C)(C)C)cc4C4(C)CCCCC34C)CC1N2c1cccc2c1-c1ccccc1C2(C)C. The highest BCUT2D eigenvalue weighted by atomic mass is 15.3. The van der Waals surface area contributed by atoms with Crippen molar-refractivity contribution >= 4 is 46.1 Å². The van der Waals surface area contributed by atoms with Crippen LogP contribution in [0.2, 0.25) is 5.82 Å². The van der Waals surface area contributed by atoms with E-state index < -0.39 is 0 Å². The summed E-state index contributed by atoms with van der Waals surface area (Å²) in [5.41, 5.74) is 24.8. The van der Waals surface area contributed by atoms with Crippen molar-refractivity contribution in [3.05, 3.63) is 124 Å². The van der Waals surface area contributed by atoms with Gasteiger partial charge in [-0.25, -0.2) is 0 Å². The van der Waals surface area contributed by atoms with Crippen LogP contribution < -0.4 is 25.6 Å². The van der Waals surface area contributed by atoms with Crippen molar-refractivity contribution < 1.29 is 0 Å². The number of fused-ring (bicyclic) bond motifs is 13. The van der Waals surface area contributed by atoms with E-state index in [1.54, 1.807) is 33.4 Å². The van der Waals surface area contributed by atoms with Crippen LogP contribution in [0.25, 0.3) is 11.1 Å². The van der Waals surface area contributed by atoms with Crippen molar-refractivity contribution in [1.29, 1.82) is 0 Å². The second-order valence-electron chi connectivity index (χ2n) is 27.2. The van der Waals surface area contributed by atoms with E-state index in [4.69, 9.17) is 0 Å². The van der Waals surface area contributed by atoms with Gasteiger partial charge in [-0.15, -0.1) is 0 Å². The molecule has 0 radical (unpaired) electrons. The molecule has 13 rings (SSSR count). The molecule has 0 bridgehead atoms. The molecule has 7 atom stereocenters. The van der Waals surface area contributed by atoms with E-state index in [-0.39, 0.29) is 38.2 Å². The average molecular weight is 900 g/mol. The molecule has 8 aliphatic rings. The van der Waals surface area contributed by atoms with Gasteiger partial charge in [-0.2, -0.15) is 0 Å². The van der Waals surface area contributed by atoms with E-state index >= 15 is 0 Å². The molecule has 352 valence electrons. The fourth-order valence-corrected chi connectivity index (χ4v) is 17.3. The van der Waals surface area contributed by atoms with Gasteiger partial charge >= 0.3 is 0 Å². The van der Waals surface area contributed by atoms with Gasteiger partial charge in [-0.1, -0.05) is 162 Å². The Morgan fingerprint density at radius 1 is 0.574 bits per heavy atom. The molecule has 0 amide bonds. The lowest BCUT2D eigenvalue weighted by molar-refractivity contribution is 0.163. The molecule has 0 aromatic heterocycles. The van der Waals surface area contributed by atoms with Crippen LogP contribution in [0.5, 0.6) is 0 Å². The highest BCUT2D eigenvalue weighted by Gasteiger charge is 2.65. The zero-order valence-corrected chi connectivity index (χ0v) is 44.0. The number of rotatable bonds is 2. The van der Waals surface area contributed by atoms with Gasteiger partial charge in [0.05, 0.1) is 5.54 Å². The van der Waals surface area contributed by atoms with Crippen LogP contribution in [-0.4, -0.2) is 29.9 Å². The Balaban J connectivity index is 1.07. The van der Waals surface area contributed by atoms with Crippen molar-refractivity contribution in [3.63, 3.8) is 0 Å². The number of anilines is 5. The monoisotopic (exact) mass is 900 g/mol. The van der Waals surface area contributed by atoms with Gasteiger partial charge < -0.3 is 14.7 Å². The van der Waals surface area contributed by atoms with E-state index in [1.807, 2.05) is 0 Å². The first-order valence-corrected chi connectivity index (χ1v) is 27.2. The molecule has 4 aliphatic carbocycles. The van der Waals surface area contributed by atoms with E-state index in [1.165, 1.54) is 120 Å². The second-order valence-corrected chi connectivity index (χ2v) is 27.2. The van der Waals surface area contributed by atoms with Crippen molar-refractivity contribution in [2.24, 2.45) is 0 Å². The van der Waals surface area contributed by atoms with Crippen molar-refractivity contribution in [3.8, 4) is 11.1 Å². The normalized spacial score (nSPS) is 31.3. The topological polar surface area (TPSA) is 9.72 Å². The standard InChI is InChI=1S/C64H78BN3/c1-39-33-53-56-54(34-39)68-57-47(62(11)30-17-19-32-64(62,68)13)36-41(59(5,6)7)37-49(57)65(56)48-27-26-42(67-50-28-25-40(58(2,3)4)35-46(50)61(10)29-16-18-31-63(61,67)12)38-52(48)66(53)51-24-20-23-45-55(51)43-21-14-15-22-44(43)60(45,8)9/h14-15,20-25,28,33-37,42,48,52H,16-19,26-27,29-32,38H2,1-13H3. The van der Waals surface area contributed by atoms with Gasteiger partial charge in [0.1, 0.15) is 0 Å². The summed E-state index contributed by atoms with van der Waals surface area (Å²) in [5, 5.41) is 0. The van der Waals surface area contributed by atoms with Crippen LogP contribution in [0.15, 0.2) is 84.9 Å². The smallest absolute Gasteiger partial charge is 0.222 e. The van der Waals surface area contributed by atoms with Gasteiger partial charge in [-0.3, -0.25) is 0 Å². The fraction of sp³-hybridized carbons (Fsp3) is 0.531. The molecule has 0 spiro atoms. The Kier molecular flexibility index (Phi) is 8.78. The third-order valence-corrected chi connectivity index (χ3v) is 21.4. The first kappa shape index (κ1) is 43.6. The van der Waals surface area contributed by atoms with Crippen molar-refractivity contribution in [2.45, 2.75) is 217 Å². The number of hydrogen-bond donors (Lipinski definition) is 0. The Bertz CT molecular complexity index is 2980. The Labute approximate surface area is 410 Å². The van der Waals surface area contributed by atoms with Gasteiger partial charge in [0, 0.05) is 67.9 Å². The fourth-order valence-electron chi connectivity index (χ4n) is 17.3. The summed E-state index contributed by atoms with van der Waals surface area (Å²) < 4.78 is 0. The predicted molar refractivity (Wildman–Crippen MR) is 291 cm³/mol. The molecule has 68 heavy (non-hydrogen) atoms. The first-order chi connectivity index (χ1) is 32.1. The zero-order chi connectivity index (χ0) is 47.5. The minimum Gasteiger partial charge on any atom is -0.362 e. The van der Waals surface area contributed by atoms with E-state index in [9.17, 15) is 0 Å². The van der Waals surface area contributed by atoms with Gasteiger partial charge in [0.15, 0.2) is 0 Å². The molecule has 4 heteroatoms. The van der Waals surface area contributed by atoms with Crippen molar-refractivity contribution in [1.82, 2.24) is 0 Å². The molecule has 5 aromatic carbocycles. The molecular formula is C64H78BN3. The summed E-state index contributed by atoms with van der Waals surface area (Å²) in [5.74, 6) is 0.473. The van der Waals surface area contributed by atoms with Crippen LogP contribution >= 0.6 is 0 Å². The molecule has 3 fully saturated rings. The Morgan fingerprint density at radius 3 is 1.96 bits per heavy atom. The van der Waals surface area contributed by atoms with E-state index in [2.05, 4.69) is 190 Å². The number of hydrogen-bond acceptors (Lipinski definition) is 3. The summed E-state index contributed by atoms with van der Waals surface area (Å²) in [7, 11) is 0. The number of benzene rings is 5. The molecule has 4 heterocycles. The summed E-state index contributed by atoms with van der Waals surface area (Å²) >= 11 is 0. The largest absolute Gasteiger partial charge is 0.362 e. The summed E-state index contributed by atoms with van der Waals surface area (Å²) in [6.45, 7) is 33.0. The van der Waals surface area contributed by atoms with Gasteiger partial charge in [0.25, 0.3) is 0 Å². The lowest BCUT2D eigenvalue weighted by Gasteiger charge is -2.58. The average Bonchev–Trinajstić information content (AvgIpc) is 3.75. The van der Waals surface area contributed by atoms with Crippen molar-refractivity contribution in [2.75, 3.05) is 14.7 Å². The lowest BCUT2D eigenvalue weighted by Crippen LogP contribution is -2.67. The van der Waals surface area contributed by atoms with Crippen LogP contribution in [-0.2, 0) is 27.1 Å². The van der Waals surface area contributed by atoms with E-state index in [0.717, 1.165) is 6.42 Å². The maximum Gasteiger partial charge on any atom is 0.222 e. The molecule has 3 saturated carbocycles. The van der Waals surface area contributed by atoms with Crippen LogP contribution in [0.1, 0.15) is 193 Å². The minimum absolute atomic E-state index is 0.0137. The van der Waals surface area contributed by atoms with Gasteiger partial charge in [0.2, 0.25) is 6.71 Å². The quantitative estimate of drug-likeness (QED) is 0.164. The molecular weight excluding hydrogens is 822 g/mol. The minimum atomic E-state index is -0.0692.